The summed E-state index contributed by atoms with van der Waals surface area (Å²) in [6.45, 7) is 2.12. The molecule has 0 amide bonds. The van der Waals surface area contributed by atoms with Gasteiger partial charge in [-0.1, -0.05) is 13.0 Å². The highest BCUT2D eigenvalue weighted by Gasteiger charge is 2.27. The van der Waals surface area contributed by atoms with E-state index in [4.69, 9.17) is 15.2 Å². The van der Waals surface area contributed by atoms with E-state index in [9.17, 15) is 27.6 Å². The van der Waals surface area contributed by atoms with E-state index in [1.54, 1.807) is 6.92 Å². The number of esters is 1. The number of carbonyl (C=O) groups is 2. The summed E-state index contributed by atoms with van der Waals surface area (Å²) in [4.78, 5) is 49.8. The van der Waals surface area contributed by atoms with Crippen molar-refractivity contribution < 1.29 is 27.5 Å². The van der Waals surface area contributed by atoms with E-state index >= 15 is 0 Å². The van der Waals surface area contributed by atoms with Crippen molar-refractivity contribution in [3.05, 3.63) is 56.2 Å². The Morgan fingerprint density at radius 3 is 2.50 bits per heavy atom. The Labute approximate surface area is 195 Å². The molecule has 0 radical (unpaired) electrons. The van der Waals surface area contributed by atoms with Gasteiger partial charge in [0.05, 0.1) is 23.7 Å². The van der Waals surface area contributed by atoms with Gasteiger partial charge in [-0.3, -0.25) is 18.7 Å². The Morgan fingerprint density at radius 2 is 1.85 bits per heavy atom. The number of aromatic nitrogens is 2. The van der Waals surface area contributed by atoms with Crippen molar-refractivity contribution in [3.63, 3.8) is 0 Å². The van der Waals surface area contributed by atoms with Crippen LogP contribution in [-0.2, 0) is 33.1 Å². The fourth-order valence-corrected chi connectivity index (χ4v) is 4.95. The highest BCUT2D eigenvalue weighted by atomic mass is 32.2. The lowest BCUT2D eigenvalue weighted by atomic mass is 10.2. The highest BCUT2D eigenvalue weighted by Crippen LogP contribution is 2.19. The van der Waals surface area contributed by atoms with Gasteiger partial charge in [-0.15, -0.1) is 0 Å². The average molecular weight is 495 g/mol. The number of hydrogen-bond acceptors (Lipinski definition) is 9. The van der Waals surface area contributed by atoms with Crippen LogP contribution < -0.4 is 17.0 Å². The maximum Gasteiger partial charge on any atom is 0.338 e. The van der Waals surface area contributed by atoms with Crippen molar-refractivity contribution in [2.75, 3.05) is 38.6 Å². The lowest BCUT2D eigenvalue weighted by Crippen LogP contribution is -2.43. The molecule has 1 fully saturated rings. The second-order valence-electron chi connectivity index (χ2n) is 7.60. The van der Waals surface area contributed by atoms with Gasteiger partial charge >= 0.3 is 11.7 Å². The molecule has 3 rings (SSSR count). The number of nitrogen functional groups attached to an aromatic ring is 1. The van der Waals surface area contributed by atoms with Crippen LogP contribution in [0.4, 0.5) is 5.82 Å². The maximum atomic E-state index is 12.8. The summed E-state index contributed by atoms with van der Waals surface area (Å²) in [5.74, 6) is -2.13. The smallest absolute Gasteiger partial charge is 0.338 e. The van der Waals surface area contributed by atoms with Crippen LogP contribution in [0.25, 0.3) is 0 Å². The number of hydrogen-bond donors (Lipinski definition) is 1. The molecule has 0 saturated carbocycles. The van der Waals surface area contributed by atoms with Crippen LogP contribution in [0.15, 0.2) is 38.8 Å². The first kappa shape index (κ1) is 25.3. The van der Waals surface area contributed by atoms with E-state index in [0.717, 1.165) is 15.2 Å². The first-order valence-electron chi connectivity index (χ1n) is 10.6. The summed E-state index contributed by atoms with van der Waals surface area (Å²) in [5, 5.41) is 0. The zero-order valence-corrected chi connectivity index (χ0v) is 19.7. The van der Waals surface area contributed by atoms with Gasteiger partial charge in [-0.05, 0) is 24.6 Å². The molecular weight excluding hydrogens is 468 g/mol. The molecule has 0 atom stereocenters. The minimum Gasteiger partial charge on any atom is -0.454 e. The third kappa shape index (κ3) is 4.95. The third-order valence-electron chi connectivity index (χ3n) is 5.32. The average Bonchev–Trinajstić information content (AvgIpc) is 2.84. The van der Waals surface area contributed by atoms with E-state index < -0.39 is 45.2 Å². The van der Waals surface area contributed by atoms with E-state index in [-0.39, 0.29) is 49.1 Å². The Bertz CT molecular complexity index is 1320. The van der Waals surface area contributed by atoms with Crippen LogP contribution in [0.5, 0.6) is 0 Å². The Balaban J connectivity index is 1.79. The zero-order valence-electron chi connectivity index (χ0n) is 18.9. The summed E-state index contributed by atoms with van der Waals surface area (Å²) < 4.78 is 39.0. The summed E-state index contributed by atoms with van der Waals surface area (Å²) in [6, 6.07) is 5.25. The summed E-state index contributed by atoms with van der Waals surface area (Å²) in [6.07, 6.45) is 0.536. The first-order valence-corrected chi connectivity index (χ1v) is 12.0. The van der Waals surface area contributed by atoms with E-state index in [2.05, 4.69) is 0 Å². The van der Waals surface area contributed by atoms with Gasteiger partial charge in [0.15, 0.2) is 6.61 Å². The van der Waals surface area contributed by atoms with Gasteiger partial charge in [-0.2, -0.15) is 4.31 Å². The van der Waals surface area contributed by atoms with E-state index in [1.807, 2.05) is 0 Å². The van der Waals surface area contributed by atoms with Crippen LogP contribution in [0.3, 0.4) is 0 Å². The second kappa shape index (κ2) is 10.3. The van der Waals surface area contributed by atoms with Crippen LogP contribution in [0.1, 0.15) is 34.1 Å². The Morgan fingerprint density at radius 1 is 1.18 bits per heavy atom. The minimum absolute atomic E-state index is 0.0843. The summed E-state index contributed by atoms with van der Waals surface area (Å²) in [7, 11) is -2.62. The van der Waals surface area contributed by atoms with Crippen LogP contribution in [0, 0.1) is 0 Å². The van der Waals surface area contributed by atoms with Crippen LogP contribution in [-0.4, -0.2) is 66.5 Å². The van der Waals surface area contributed by atoms with Crippen molar-refractivity contribution in [2.24, 2.45) is 7.05 Å². The number of nitrogens with two attached hydrogens (primary N) is 1. The molecule has 1 aliphatic heterocycles. The van der Waals surface area contributed by atoms with Crippen molar-refractivity contribution in [3.8, 4) is 0 Å². The SMILES string of the molecule is CCCn1c(N)c(C(=O)COC(=O)c2cccc(S(=O)(=O)N3CCOCC3)c2)c(=O)n(C)c1=O. The van der Waals surface area contributed by atoms with Gasteiger partial charge in [-0.25, -0.2) is 18.0 Å². The highest BCUT2D eigenvalue weighted by molar-refractivity contribution is 7.89. The van der Waals surface area contributed by atoms with Gasteiger partial charge in [0, 0.05) is 26.7 Å². The number of benzene rings is 1. The number of Topliss-reactive ketones (excluding diaryl/α,β-unsaturated/α-hetero) is 1. The Hall–Kier alpha value is -3.29. The predicted molar refractivity (Wildman–Crippen MR) is 121 cm³/mol. The molecule has 1 aliphatic rings. The summed E-state index contributed by atoms with van der Waals surface area (Å²) in [5.41, 5.74) is 3.82. The number of anilines is 1. The van der Waals surface area contributed by atoms with Gasteiger partial charge in [0.2, 0.25) is 15.8 Å². The first-order chi connectivity index (χ1) is 16.1. The van der Waals surface area contributed by atoms with Crippen molar-refractivity contribution in [2.45, 2.75) is 24.8 Å². The molecule has 2 aromatic rings. The number of ketones is 1. The van der Waals surface area contributed by atoms with Crippen molar-refractivity contribution in [1.82, 2.24) is 13.4 Å². The second-order valence-corrected chi connectivity index (χ2v) is 9.54. The van der Waals surface area contributed by atoms with Crippen LogP contribution in [0.2, 0.25) is 0 Å². The van der Waals surface area contributed by atoms with Gasteiger partial charge < -0.3 is 15.2 Å². The van der Waals surface area contributed by atoms with E-state index in [0.29, 0.717) is 6.42 Å². The number of morpholine rings is 1. The fraction of sp³-hybridized carbons (Fsp3) is 0.429. The number of carbonyl (C=O) groups excluding carboxylic acids is 2. The lowest BCUT2D eigenvalue weighted by molar-refractivity contribution is 0.0474. The maximum absolute atomic E-state index is 12.8. The largest absolute Gasteiger partial charge is 0.454 e. The molecule has 184 valence electrons. The molecule has 0 spiro atoms. The molecule has 0 bridgehead atoms. The molecule has 2 heterocycles. The topological polar surface area (TPSA) is 160 Å². The molecule has 34 heavy (non-hydrogen) atoms. The molecule has 2 N–H and O–H groups in total. The molecule has 0 unspecified atom stereocenters. The third-order valence-corrected chi connectivity index (χ3v) is 7.22. The standard InChI is InChI=1S/C21H26N4O8S/c1-3-7-25-18(22)17(19(27)23(2)21(25)29)16(26)13-33-20(28)14-5-4-6-15(12-14)34(30,31)24-8-10-32-11-9-24/h4-6,12H,3,7-11,13,22H2,1-2H3. The van der Waals surface area contributed by atoms with E-state index in [1.165, 1.54) is 29.6 Å². The van der Waals surface area contributed by atoms with Crippen molar-refractivity contribution >= 4 is 27.6 Å². The lowest BCUT2D eigenvalue weighted by Gasteiger charge is -2.26. The Kier molecular flexibility index (Phi) is 7.69. The number of ether oxygens (including phenoxy) is 2. The molecule has 0 aliphatic carbocycles. The zero-order chi connectivity index (χ0) is 25.0. The molecule has 1 aromatic heterocycles. The molecule has 13 heteroatoms. The fourth-order valence-electron chi connectivity index (χ4n) is 3.49. The normalized spacial score (nSPS) is 14.6. The molecule has 12 nitrogen and oxygen atoms in total. The van der Waals surface area contributed by atoms with Crippen molar-refractivity contribution in [1.29, 1.82) is 0 Å². The number of rotatable bonds is 8. The number of nitrogens with zero attached hydrogens (tertiary/aromatic N) is 3. The molecule has 1 aromatic carbocycles. The molecular formula is C21H26N4O8S. The minimum atomic E-state index is -3.84. The van der Waals surface area contributed by atoms with Gasteiger partial charge in [0.1, 0.15) is 11.4 Å². The van der Waals surface area contributed by atoms with Gasteiger partial charge in [0.25, 0.3) is 5.56 Å². The monoisotopic (exact) mass is 494 g/mol. The number of sulfonamides is 1. The quantitative estimate of drug-likeness (QED) is 0.380. The summed E-state index contributed by atoms with van der Waals surface area (Å²) >= 11 is 0. The predicted octanol–water partition coefficient (Wildman–Crippen LogP) is -0.400. The van der Waals surface area contributed by atoms with Crippen LogP contribution >= 0.6 is 0 Å². The molecule has 1 saturated heterocycles.